The molecular weight excluding hydrogens is 506 g/mol. The highest BCUT2D eigenvalue weighted by Crippen LogP contribution is 2.33. The molecule has 2 atom stereocenters. The number of aliphatic hydroxyl groups is 1. The summed E-state index contributed by atoms with van der Waals surface area (Å²) in [6.45, 7) is 6.17. The van der Waals surface area contributed by atoms with E-state index in [0.717, 1.165) is 17.1 Å². The molecule has 1 heterocycles. The minimum absolute atomic E-state index is 0.0302. The van der Waals surface area contributed by atoms with Gasteiger partial charge in [0.25, 0.3) is 0 Å². The maximum absolute atomic E-state index is 15.0. The van der Waals surface area contributed by atoms with Gasteiger partial charge in [0, 0.05) is 17.3 Å². The Balaban J connectivity index is 2.04. The van der Waals surface area contributed by atoms with Gasteiger partial charge in [-0.05, 0) is 70.2 Å². The number of carbonyl (C=O) groups excluding carboxylic acids is 1. The van der Waals surface area contributed by atoms with Gasteiger partial charge in [-0.25, -0.2) is 28.7 Å². The summed E-state index contributed by atoms with van der Waals surface area (Å²) in [6.07, 6.45) is 1.66. The van der Waals surface area contributed by atoms with Crippen LogP contribution in [0.1, 0.15) is 33.3 Å². The molecule has 37 heavy (non-hydrogen) atoms. The molecule has 1 amide bonds. The van der Waals surface area contributed by atoms with Crippen molar-refractivity contribution in [3.63, 3.8) is 0 Å². The molecule has 3 rings (SSSR count). The molecule has 198 valence electrons. The van der Waals surface area contributed by atoms with Crippen LogP contribution >= 0.6 is 12.2 Å². The highest BCUT2D eigenvalue weighted by molar-refractivity contribution is 7.80. The normalized spacial score (nSPS) is 13.8. The van der Waals surface area contributed by atoms with Crippen LogP contribution in [-0.2, 0) is 16.9 Å². The van der Waals surface area contributed by atoms with Crippen molar-refractivity contribution in [2.45, 2.75) is 51.5 Å². The van der Waals surface area contributed by atoms with Gasteiger partial charge < -0.3 is 20.3 Å². The van der Waals surface area contributed by atoms with E-state index in [1.807, 2.05) is 0 Å². The number of phenols is 1. The lowest BCUT2D eigenvalue weighted by atomic mass is 9.86. The fourth-order valence-corrected chi connectivity index (χ4v) is 3.83. The second-order valence-corrected chi connectivity index (χ2v) is 9.66. The van der Waals surface area contributed by atoms with E-state index in [1.54, 1.807) is 32.9 Å². The number of amides is 1. The first-order chi connectivity index (χ1) is 17.3. The molecule has 3 aromatic rings. The predicted octanol–water partition coefficient (Wildman–Crippen LogP) is 3.68. The van der Waals surface area contributed by atoms with Gasteiger partial charge in [0.2, 0.25) is 0 Å². The van der Waals surface area contributed by atoms with Gasteiger partial charge >= 0.3 is 6.09 Å². The fourth-order valence-electron chi connectivity index (χ4n) is 3.51. The molecular formula is C24H28F2N6O4S. The quantitative estimate of drug-likeness (QED) is 0.213. The Bertz CT molecular complexity index is 1240. The lowest BCUT2D eigenvalue weighted by Gasteiger charge is -2.42. The number of aromatic nitrogens is 3. The summed E-state index contributed by atoms with van der Waals surface area (Å²) >= 11 is 5.53. The molecule has 13 heteroatoms. The number of nitrogens with one attached hydrogen (secondary N) is 2. The molecule has 0 aliphatic rings. The Kier molecular flexibility index (Phi) is 8.28. The molecule has 0 saturated heterocycles. The highest BCUT2D eigenvalue weighted by Gasteiger charge is 2.44. The summed E-state index contributed by atoms with van der Waals surface area (Å²) in [6, 6.07) is 7.52. The van der Waals surface area contributed by atoms with Crippen molar-refractivity contribution in [3.8, 4) is 5.75 Å². The van der Waals surface area contributed by atoms with E-state index in [4.69, 9.17) is 17.0 Å². The minimum atomic E-state index is -2.12. The largest absolute Gasteiger partial charge is 0.508 e. The number of anilines is 1. The minimum Gasteiger partial charge on any atom is -0.508 e. The Labute approximate surface area is 217 Å². The average Bonchev–Trinajstić information content (AvgIpc) is 3.30. The van der Waals surface area contributed by atoms with Crippen LogP contribution in [0.3, 0.4) is 0 Å². The number of phenolic OH excluding ortho intramolecular Hbond substituents is 1. The molecule has 10 nitrogen and oxygen atoms in total. The second kappa shape index (κ2) is 11.0. The molecule has 0 unspecified atom stereocenters. The molecule has 0 spiro atoms. The second-order valence-electron chi connectivity index (χ2n) is 9.28. The summed E-state index contributed by atoms with van der Waals surface area (Å²) < 4.78 is 35.4. The van der Waals surface area contributed by atoms with Crippen LogP contribution in [0.5, 0.6) is 5.75 Å². The molecule has 4 N–H and O–H groups in total. The summed E-state index contributed by atoms with van der Waals surface area (Å²) in [5.74, 6) is -1.81. The Morgan fingerprint density at radius 2 is 1.89 bits per heavy atom. The zero-order valence-corrected chi connectivity index (χ0v) is 21.5. The van der Waals surface area contributed by atoms with E-state index in [9.17, 15) is 19.4 Å². The number of aromatic hydroxyl groups is 1. The lowest BCUT2D eigenvalue weighted by Crippen LogP contribution is -2.61. The SMILES string of the molecule is C[C@@H](N(NC(=O)OC(C)(C)C)C(=S)Nc1ccc(O)cc1)[C@](O)(Cn1cncn1)c1ccc(F)cc1F. The van der Waals surface area contributed by atoms with Gasteiger partial charge in [-0.15, -0.1) is 0 Å². The zero-order valence-electron chi connectivity index (χ0n) is 20.6. The first-order valence-electron chi connectivity index (χ1n) is 11.2. The van der Waals surface area contributed by atoms with Crippen LogP contribution in [0.2, 0.25) is 0 Å². The predicted molar refractivity (Wildman–Crippen MR) is 135 cm³/mol. The van der Waals surface area contributed by atoms with Crippen LogP contribution in [0.25, 0.3) is 0 Å². The summed E-state index contributed by atoms with van der Waals surface area (Å²) in [4.78, 5) is 16.6. The standard InChI is InChI=1S/C24H28F2N6O4S/c1-15(24(35,12-31-14-27-13-28-31)19-10-5-16(25)11-20(19)26)32(30-22(34)36-23(2,3)4)21(37)29-17-6-8-18(33)9-7-17/h5-11,13-15,33,35H,12H2,1-4H3,(H,29,37)(H,30,34)/t15-,24-/m1/s1. The number of hydrogen-bond acceptors (Lipinski definition) is 7. The molecule has 0 saturated carbocycles. The van der Waals surface area contributed by atoms with Crippen molar-refractivity contribution >= 4 is 29.1 Å². The van der Waals surface area contributed by atoms with Crippen molar-refractivity contribution in [3.05, 3.63) is 72.3 Å². The molecule has 0 aliphatic heterocycles. The van der Waals surface area contributed by atoms with Gasteiger partial charge in [0.1, 0.15) is 41.2 Å². The van der Waals surface area contributed by atoms with Gasteiger partial charge in [-0.3, -0.25) is 5.01 Å². The topological polar surface area (TPSA) is 125 Å². The fraction of sp³-hybridized carbons (Fsp3) is 0.333. The van der Waals surface area contributed by atoms with Crippen molar-refractivity contribution in [1.29, 1.82) is 0 Å². The number of rotatable bonds is 6. The van der Waals surface area contributed by atoms with Crippen LogP contribution in [0.4, 0.5) is 19.3 Å². The molecule has 2 aromatic carbocycles. The average molecular weight is 535 g/mol. The molecule has 0 radical (unpaired) electrons. The van der Waals surface area contributed by atoms with Crippen LogP contribution in [0.15, 0.2) is 55.1 Å². The third kappa shape index (κ3) is 7.11. The smallest absolute Gasteiger partial charge is 0.426 e. The highest BCUT2D eigenvalue weighted by atomic mass is 32.1. The molecule has 0 bridgehead atoms. The molecule has 1 aromatic heterocycles. The Morgan fingerprint density at radius 1 is 1.22 bits per heavy atom. The van der Waals surface area contributed by atoms with Gasteiger partial charge in [-0.2, -0.15) is 5.10 Å². The number of hydrazine groups is 1. The number of nitrogens with zero attached hydrogens (tertiary/aromatic N) is 4. The number of halogens is 2. The van der Waals surface area contributed by atoms with E-state index in [0.29, 0.717) is 11.8 Å². The number of hydrogen-bond donors (Lipinski definition) is 4. The number of benzene rings is 2. The van der Waals surface area contributed by atoms with E-state index in [2.05, 4.69) is 20.8 Å². The van der Waals surface area contributed by atoms with Crippen molar-refractivity contribution in [2.75, 3.05) is 5.32 Å². The van der Waals surface area contributed by atoms with Crippen LogP contribution in [-0.4, -0.2) is 52.8 Å². The van der Waals surface area contributed by atoms with Crippen molar-refractivity contribution < 1.29 is 28.5 Å². The third-order valence-corrected chi connectivity index (χ3v) is 5.59. The van der Waals surface area contributed by atoms with Crippen molar-refractivity contribution in [2.24, 2.45) is 0 Å². The first kappa shape index (κ1) is 27.7. The van der Waals surface area contributed by atoms with E-state index in [1.165, 1.54) is 36.4 Å². The number of thiocarbonyl (C=S) groups is 1. The summed E-state index contributed by atoms with van der Waals surface area (Å²) in [5.41, 5.74) is -0.278. The maximum Gasteiger partial charge on any atom is 0.426 e. The third-order valence-electron chi connectivity index (χ3n) is 5.29. The molecule has 0 aliphatic carbocycles. The summed E-state index contributed by atoms with van der Waals surface area (Å²) in [7, 11) is 0. The Morgan fingerprint density at radius 3 is 2.46 bits per heavy atom. The van der Waals surface area contributed by atoms with Crippen LogP contribution in [0, 0.1) is 11.6 Å². The monoisotopic (exact) mass is 534 g/mol. The zero-order chi connectivity index (χ0) is 27.4. The van der Waals surface area contributed by atoms with Gasteiger partial charge in [-0.1, -0.05) is 6.07 Å². The van der Waals surface area contributed by atoms with E-state index >= 15 is 4.39 Å². The van der Waals surface area contributed by atoms with E-state index < -0.39 is 35.0 Å². The lowest BCUT2D eigenvalue weighted by molar-refractivity contribution is -0.0574. The first-order valence-corrected chi connectivity index (χ1v) is 11.6. The van der Waals surface area contributed by atoms with E-state index in [-0.39, 0.29) is 23.0 Å². The number of ether oxygens (including phenoxy) is 1. The maximum atomic E-state index is 15.0. The van der Waals surface area contributed by atoms with Gasteiger partial charge in [0.15, 0.2) is 5.11 Å². The number of carbonyl (C=O) groups is 1. The molecule has 0 fully saturated rings. The Hall–Kier alpha value is -3.84. The summed E-state index contributed by atoms with van der Waals surface area (Å²) in [5, 5.41) is 29.4. The van der Waals surface area contributed by atoms with Gasteiger partial charge in [0.05, 0.1) is 12.6 Å². The van der Waals surface area contributed by atoms with Crippen molar-refractivity contribution in [1.82, 2.24) is 25.2 Å². The van der Waals surface area contributed by atoms with Crippen LogP contribution < -0.4 is 10.7 Å².